The van der Waals surface area contributed by atoms with E-state index in [9.17, 15) is 10.1 Å². The molecule has 1 aromatic carbocycles. The molecule has 1 amide bonds. The molecule has 1 saturated heterocycles. The number of nitrogens with one attached hydrogen (secondary N) is 1. The van der Waals surface area contributed by atoms with Crippen molar-refractivity contribution in [2.45, 2.75) is 18.3 Å². The van der Waals surface area contributed by atoms with Gasteiger partial charge < -0.3 is 5.32 Å². The highest BCUT2D eigenvalue weighted by molar-refractivity contribution is 5.79. The molecular formula is C12H12N2O. The Labute approximate surface area is 88.7 Å². The SMILES string of the molecule is N#CC1(c2ccccc2)CCNC(=O)C1. The second-order valence-corrected chi connectivity index (χ2v) is 3.84. The van der Waals surface area contributed by atoms with Crippen LogP contribution in [0.1, 0.15) is 18.4 Å². The van der Waals surface area contributed by atoms with E-state index in [1.807, 2.05) is 30.3 Å². The first-order valence-corrected chi connectivity index (χ1v) is 5.00. The van der Waals surface area contributed by atoms with E-state index in [1.54, 1.807) is 0 Å². The monoisotopic (exact) mass is 200 g/mol. The molecule has 3 nitrogen and oxygen atoms in total. The summed E-state index contributed by atoms with van der Waals surface area (Å²) in [6, 6.07) is 11.9. The zero-order valence-electron chi connectivity index (χ0n) is 8.36. The molecule has 15 heavy (non-hydrogen) atoms. The fourth-order valence-electron chi connectivity index (χ4n) is 2.00. The van der Waals surface area contributed by atoms with Gasteiger partial charge in [-0.15, -0.1) is 0 Å². The molecule has 0 spiro atoms. The quantitative estimate of drug-likeness (QED) is 0.744. The van der Waals surface area contributed by atoms with Crippen molar-refractivity contribution in [3.63, 3.8) is 0 Å². The average Bonchev–Trinajstić information content (AvgIpc) is 2.30. The lowest BCUT2D eigenvalue weighted by Crippen LogP contribution is -2.42. The second-order valence-electron chi connectivity index (χ2n) is 3.84. The van der Waals surface area contributed by atoms with Crippen molar-refractivity contribution < 1.29 is 4.79 Å². The van der Waals surface area contributed by atoms with E-state index in [0.29, 0.717) is 13.0 Å². The molecule has 1 heterocycles. The van der Waals surface area contributed by atoms with Gasteiger partial charge in [0.25, 0.3) is 0 Å². The zero-order chi connectivity index (χ0) is 10.7. The number of hydrogen-bond donors (Lipinski definition) is 1. The molecule has 2 rings (SSSR count). The molecule has 1 atom stereocenters. The van der Waals surface area contributed by atoms with Gasteiger partial charge in [-0.05, 0) is 12.0 Å². The molecule has 0 bridgehead atoms. The second kappa shape index (κ2) is 3.74. The zero-order valence-corrected chi connectivity index (χ0v) is 8.36. The van der Waals surface area contributed by atoms with Gasteiger partial charge in [-0.3, -0.25) is 4.79 Å². The Morgan fingerprint density at radius 1 is 1.33 bits per heavy atom. The summed E-state index contributed by atoms with van der Waals surface area (Å²) in [6.07, 6.45) is 0.965. The predicted molar refractivity (Wildman–Crippen MR) is 56.0 cm³/mol. The topological polar surface area (TPSA) is 52.9 Å². The van der Waals surface area contributed by atoms with E-state index in [0.717, 1.165) is 5.56 Å². The van der Waals surface area contributed by atoms with Gasteiger partial charge in [-0.25, -0.2) is 0 Å². The molecule has 0 saturated carbocycles. The van der Waals surface area contributed by atoms with Gasteiger partial charge >= 0.3 is 0 Å². The van der Waals surface area contributed by atoms with Crippen LogP contribution in [-0.2, 0) is 10.2 Å². The Kier molecular flexibility index (Phi) is 2.42. The average molecular weight is 200 g/mol. The molecule has 3 heteroatoms. The summed E-state index contributed by atoms with van der Waals surface area (Å²) < 4.78 is 0. The van der Waals surface area contributed by atoms with E-state index in [-0.39, 0.29) is 12.3 Å². The molecule has 0 radical (unpaired) electrons. The highest BCUT2D eigenvalue weighted by Crippen LogP contribution is 2.32. The predicted octanol–water partition coefficient (Wildman–Crippen LogP) is 1.36. The molecule has 1 N–H and O–H groups in total. The Balaban J connectivity index is 2.38. The van der Waals surface area contributed by atoms with Crippen LogP contribution in [0.25, 0.3) is 0 Å². The molecule has 1 aliphatic rings. The maximum absolute atomic E-state index is 11.3. The van der Waals surface area contributed by atoms with Crippen molar-refractivity contribution in [3.05, 3.63) is 35.9 Å². The van der Waals surface area contributed by atoms with Crippen molar-refractivity contribution in [2.75, 3.05) is 6.54 Å². The highest BCUT2D eigenvalue weighted by Gasteiger charge is 2.37. The Morgan fingerprint density at radius 2 is 2.07 bits per heavy atom. The Hall–Kier alpha value is -1.82. The van der Waals surface area contributed by atoms with Crippen LogP contribution in [0.2, 0.25) is 0 Å². The minimum atomic E-state index is -0.621. The van der Waals surface area contributed by atoms with E-state index in [2.05, 4.69) is 11.4 Å². The number of benzene rings is 1. The fourth-order valence-corrected chi connectivity index (χ4v) is 2.00. The number of nitriles is 1. The van der Waals surface area contributed by atoms with Crippen molar-refractivity contribution in [1.29, 1.82) is 5.26 Å². The van der Waals surface area contributed by atoms with Crippen LogP contribution in [0.15, 0.2) is 30.3 Å². The maximum atomic E-state index is 11.3. The van der Waals surface area contributed by atoms with E-state index in [4.69, 9.17) is 0 Å². The van der Waals surface area contributed by atoms with E-state index in [1.165, 1.54) is 0 Å². The van der Waals surface area contributed by atoms with Crippen LogP contribution >= 0.6 is 0 Å². The van der Waals surface area contributed by atoms with Crippen LogP contribution in [0.5, 0.6) is 0 Å². The Morgan fingerprint density at radius 3 is 2.67 bits per heavy atom. The third-order valence-electron chi connectivity index (χ3n) is 2.88. The third-order valence-corrected chi connectivity index (χ3v) is 2.88. The number of carbonyl (C=O) groups is 1. The molecule has 0 aliphatic carbocycles. The first-order chi connectivity index (χ1) is 7.27. The van der Waals surface area contributed by atoms with Crippen molar-refractivity contribution in [2.24, 2.45) is 0 Å². The maximum Gasteiger partial charge on any atom is 0.221 e. The summed E-state index contributed by atoms with van der Waals surface area (Å²) in [4.78, 5) is 11.3. The van der Waals surface area contributed by atoms with Gasteiger partial charge in [0.2, 0.25) is 5.91 Å². The largest absolute Gasteiger partial charge is 0.356 e. The van der Waals surface area contributed by atoms with Gasteiger partial charge in [-0.1, -0.05) is 30.3 Å². The normalized spacial score (nSPS) is 25.4. The number of hydrogen-bond acceptors (Lipinski definition) is 2. The highest BCUT2D eigenvalue weighted by atomic mass is 16.1. The number of carbonyl (C=O) groups excluding carboxylic acids is 1. The molecule has 76 valence electrons. The van der Waals surface area contributed by atoms with Crippen LogP contribution < -0.4 is 5.32 Å². The molecular weight excluding hydrogens is 188 g/mol. The molecule has 1 aromatic rings. The molecule has 1 fully saturated rings. The summed E-state index contributed by atoms with van der Waals surface area (Å²) in [5, 5.41) is 12.0. The van der Waals surface area contributed by atoms with Gasteiger partial charge in [-0.2, -0.15) is 5.26 Å². The third kappa shape index (κ3) is 1.71. The van der Waals surface area contributed by atoms with E-state index < -0.39 is 5.41 Å². The first-order valence-electron chi connectivity index (χ1n) is 5.00. The van der Waals surface area contributed by atoms with Crippen LogP contribution in [0.3, 0.4) is 0 Å². The first kappa shape index (κ1) is 9.72. The summed E-state index contributed by atoms with van der Waals surface area (Å²) in [5.74, 6) is -0.0355. The van der Waals surface area contributed by atoms with E-state index >= 15 is 0 Å². The lowest BCUT2D eigenvalue weighted by Gasteiger charge is -2.30. The Bertz CT molecular complexity index is 407. The van der Waals surface area contributed by atoms with Gasteiger partial charge in [0.1, 0.15) is 0 Å². The van der Waals surface area contributed by atoms with Crippen molar-refractivity contribution in [1.82, 2.24) is 5.32 Å². The molecule has 1 unspecified atom stereocenters. The lowest BCUT2D eigenvalue weighted by molar-refractivity contribution is -0.123. The van der Waals surface area contributed by atoms with Crippen molar-refractivity contribution in [3.8, 4) is 6.07 Å². The smallest absolute Gasteiger partial charge is 0.221 e. The minimum absolute atomic E-state index is 0.0355. The fraction of sp³-hybridized carbons (Fsp3) is 0.333. The summed E-state index contributed by atoms with van der Waals surface area (Å²) in [5.41, 5.74) is 0.325. The van der Waals surface area contributed by atoms with Crippen LogP contribution in [-0.4, -0.2) is 12.5 Å². The number of nitrogens with zero attached hydrogens (tertiary/aromatic N) is 1. The number of rotatable bonds is 1. The number of amides is 1. The standard InChI is InChI=1S/C12H12N2O/c13-9-12(6-7-14-11(15)8-12)10-4-2-1-3-5-10/h1-5H,6-8H2,(H,14,15). The van der Waals surface area contributed by atoms with Gasteiger partial charge in [0.15, 0.2) is 0 Å². The van der Waals surface area contributed by atoms with Crippen molar-refractivity contribution >= 4 is 5.91 Å². The molecule has 1 aliphatic heterocycles. The summed E-state index contributed by atoms with van der Waals surface area (Å²) in [6.45, 7) is 0.585. The van der Waals surface area contributed by atoms with Gasteiger partial charge in [0.05, 0.1) is 11.5 Å². The minimum Gasteiger partial charge on any atom is -0.356 e. The van der Waals surface area contributed by atoms with Crippen LogP contribution in [0, 0.1) is 11.3 Å². The summed E-state index contributed by atoms with van der Waals surface area (Å²) >= 11 is 0. The van der Waals surface area contributed by atoms with Gasteiger partial charge in [0, 0.05) is 13.0 Å². The molecule has 0 aromatic heterocycles. The van der Waals surface area contributed by atoms with Crippen LogP contribution in [0.4, 0.5) is 0 Å². The number of piperidine rings is 1. The lowest BCUT2D eigenvalue weighted by atomic mass is 9.74. The summed E-state index contributed by atoms with van der Waals surface area (Å²) in [7, 11) is 0.